The molecule has 0 saturated carbocycles. The molecule has 2 aromatic carbocycles. The van der Waals surface area contributed by atoms with E-state index in [1.165, 1.54) is 11.3 Å². The van der Waals surface area contributed by atoms with Crippen LogP contribution < -0.4 is 19.8 Å². The average molecular weight is 428 g/mol. The molecule has 0 unspecified atom stereocenters. The number of carbonyl (C=O) groups excluding carboxylic acids is 1. The van der Waals surface area contributed by atoms with Crippen molar-refractivity contribution in [1.82, 2.24) is 4.57 Å². The molecule has 1 aromatic heterocycles. The number of benzene rings is 2. The molecule has 29 heavy (non-hydrogen) atoms. The molecule has 4 rings (SSSR count). The molecule has 0 N–H and O–H groups in total. The summed E-state index contributed by atoms with van der Waals surface area (Å²) < 4.78 is 7.30. The molecule has 0 saturated heterocycles. The molecule has 2 heterocycles. The van der Waals surface area contributed by atoms with E-state index in [1.54, 1.807) is 35.8 Å². The Morgan fingerprint density at radius 2 is 1.93 bits per heavy atom. The highest BCUT2D eigenvalue weighted by molar-refractivity contribution is 7.07. The lowest BCUT2D eigenvalue weighted by atomic mass is 10.2. The smallest absolute Gasteiger partial charge is 0.338 e. The molecule has 0 radical (unpaired) electrons. The monoisotopic (exact) mass is 427 g/mol. The second kappa shape index (κ2) is 8.23. The average Bonchev–Trinajstić information content (AvgIpc) is 3.05. The maximum absolute atomic E-state index is 12.8. The fraction of sp³-hybridized carbons (Fsp3) is 0.190. The molecule has 0 fully saturated rings. The summed E-state index contributed by atoms with van der Waals surface area (Å²) >= 11 is 7.30. The standard InChI is InChI=1S/C21H18ClN3O3S/c1-2-28-20(27)15-5-9-17(10-6-15)24-12-23-21-25(13-24)19(26)18(29-21)11-14-3-7-16(22)8-4-14/h3-11H,2,12-13H2,1H3. The van der Waals surface area contributed by atoms with Crippen molar-refractivity contribution >= 4 is 40.7 Å². The third-order valence-electron chi connectivity index (χ3n) is 4.49. The van der Waals surface area contributed by atoms with Crippen molar-refractivity contribution in [1.29, 1.82) is 0 Å². The number of nitrogens with zero attached hydrogens (tertiary/aromatic N) is 3. The number of fused-ring (bicyclic) bond motifs is 1. The van der Waals surface area contributed by atoms with Gasteiger partial charge in [-0.1, -0.05) is 35.1 Å². The van der Waals surface area contributed by atoms with Gasteiger partial charge < -0.3 is 9.64 Å². The summed E-state index contributed by atoms with van der Waals surface area (Å²) in [5.41, 5.74) is 2.22. The first-order valence-electron chi connectivity index (χ1n) is 9.08. The fourth-order valence-corrected chi connectivity index (χ4v) is 4.10. The minimum absolute atomic E-state index is 0.0726. The van der Waals surface area contributed by atoms with Crippen molar-refractivity contribution in [2.75, 3.05) is 18.2 Å². The van der Waals surface area contributed by atoms with Crippen molar-refractivity contribution in [3.63, 3.8) is 0 Å². The normalized spacial score (nSPS) is 13.7. The van der Waals surface area contributed by atoms with Crippen molar-refractivity contribution in [2.24, 2.45) is 4.99 Å². The first-order chi connectivity index (χ1) is 14.0. The number of carbonyl (C=O) groups is 1. The lowest BCUT2D eigenvalue weighted by Crippen LogP contribution is -2.42. The highest BCUT2D eigenvalue weighted by atomic mass is 35.5. The van der Waals surface area contributed by atoms with Crippen LogP contribution >= 0.6 is 22.9 Å². The molecule has 1 aliphatic heterocycles. The summed E-state index contributed by atoms with van der Waals surface area (Å²) in [7, 11) is 0. The lowest BCUT2D eigenvalue weighted by molar-refractivity contribution is 0.0526. The maximum atomic E-state index is 12.8. The second-order valence-electron chi connectivity index (χ2n) is 6.43. The summed E-state index contributed by atoms with van der Waals surface area (Å²) in [5.74, 6) is -0.346. The lowest BCUT2D eigenvalue weighted by Gasteiger charge is -2.25. The number of anilines is 1. The molecular weight excluding hydrogens is 410 g/mol. The molecule has 3 aromatic rings. The van der Waals surface area contributed by atoms with E-state index in [-0.39, 0.29) is 11.5 Å². The molecule has 0 amide bonds. The molecule has 1 aliphatic rings. The first-order valence-corrected chi connectivity index (χ1v) is 10.3. The molecule has 0 spiro atoms. The topological polar surface area (TPSA) is 63.9 Å². The number of ether oxygens (including phenoxy) is 1. The van der Waals surface area contributed by atoms with Gasteiger partial charge in [0.15, 0.2) is 4.80 Å². The number of hydrogen-bond donors (Lipinski definition) is 0. The summed E-state index contributed by atoms with van der Waals surface area (Å²) in [5, 5.41) is 0.656. The van der Waals surface area contributed by atoms with Gasteiger partial charge in [-0.15, -0.1) is 0 Å². The van der Waals surface area contributed by atoms with E-state index in [2.05, 4.69) is 4.99 Å². The van der Waals surface area contributed by atoms with Gasteiger partial charge in [-0.2, -0.15) is 0 Å². The largest absolute Gasteiger partial charge is 0.462 e. The van der Waals surface area contributed by atoms with E-state index in [4.69, 9.17) is 16.3 Å². The van der Waals surface area contributed by atoms with Crippen LogP contribution in [-0.4, -0.2) is 23.8 Å². The van der Waals surface area contributed by atoms with Crippen molar-refractivity contribution < 1.29 is 9.53 Å². The first kappa shape index (κ1) is 19.4. The summed E-state index contributed by atoms with van der Waals surface area (Å²) in [4.78, 5) is 31.9. The van der Waals surface area contributed by atoms with Crippen LogP contribution in [0.25, 0.3) is 6.08 Å². The van der Waals surface area contributed by atoms with E-state index < -0.39 is 0 Å². The van der Waals surface area contributed by atoms with Gasteiger partial charge in [-0.3, -0.25) is 9.36 Å². The Labute approximate surface area is 176 Å². The van der Waals surface area contributed by atoms with Crippen molar-refractivity contribution in [2.45, 2.75) is 13.6 Å². The Morgan fingerprint density at radius 1 is 1.21 bits per heavy atom. The van der Waals surface area contributed by atoms with E-state index >= 15 is 0 Å². The zero-order valence-electron chi connectivity index (χ0n) is 15.7. The van der Waals surface area contributed by atoms with Gasteiger partial charge in [-0.25, -0.2) is 9.79 Å². The van der Waals surface area contributed by atoms with Crippen LogP contribution in [0.2, 0.25) is 5.02 Å². The highest BCUT2D eigenvalue weighted by Crippen LogP contribution is 2.17. The minimum atomic E-state index is -0.346. The van der Waals surface area contributed by atoms with E-state index in [0.29, 0.717) is 39.9 Å². The van der Waals surface area contributed by atoms with E-state index in [1.807, 2.05) is 35.2 Å². The number of rotatable bonds is 4. The summed E-state index contributed by atoms with van der Waals surface area (Å²) in [6.07, 6.45) is 1.85. The highest BCUT2D eigenvalue weighted by Gasteiger charge is 2.16. The van der Waals surface area contributed by atoms with Crippen LogP contribution in [-0.2, 0) is 11.4 Å². The van der Waals surface area contributed by atoms with Crippen LogP contribution in [0, 0.1) is 0 Å². The van der Waals surface area contributed by atoms with Gasteiger partial charge in [-0.05, 0) is 55.0 Å². The molecular formula is C21H18ClN3O3S. The maximum Gasteiger partial charge on any atom is 0.338 e. The number of hydrogen-bond acceptors (Lipinski definition) is 6. The van der Waals surface area contributed by atoms with Gasteiger partial charge in [0, 0.05) is 10.7 Å². The van der Waals surface area contributed by atoms with Gasteiger partial charge in [0.1, 0.15) is 13.3 Å². The van der Waals surface area contributed by atoms with Crippen LogP contribution in [0.15, 0.2) is 58.3 Å². The number of halogens is 1. The van der Waals surface area contributed by atoms with Gasteiger partial charge in [0.25, 0.3) is 5.56 Å². The third-order valence-corrected chi connectivity index (χ3v) is 5.78. The van der Waals surface area contributed by atoms with Crippen LogP contribution in [0.4, 0.5) is 5.69 Å². The molecule has 148 valence electrons. The molecule has 0 bridgehead atoms. The van der Waals surface area contributed by atoms with Crippen LogP contribution in [0.1, 0.15) is 22.8 Å². The number of aromatic nitrogens is 1. The molecule has 0 aliphatic carbocycles. The van der Waals surface area contributed by atoms with E-state index in [9.17, 15) is 9.59 Å². The van der Waals surface area contributed by atoms with Crippen molar-refractivity contribution in [3.05, 3.63) is 84.4 Å². The summed E-state index contributed by atoms with van der Waals surface area (Å²) in [6.45, 7) is 2.96. The van der Waals surface area contributed by atoms with Crippen LogP contribution in [0.3, 0.4) is 0 Å². The van der Waals surface area contributed by atoms with Crippen LogP contribution in [0.5, 0.6) is 0 Å². The Balaban J connectivity index is 1.59. The Hall–Kier alpha value is -2.90. The van der Waals surface area contributed by atoms with Gasteiger partial charge in [0.05, 0.1) is 16.7 Å². The third kappa shape index (κ3) is 4.11. The Morgan fingerprint density at radius 3 is 2.62 bits per heavy atom. The van der Waals surface area contributed by atoms with Gasteiger partial charge in [0.2, 0.25) is 0 Å². The van der Waals surface area contributed by atoms with Crippen molar-refractivity contribution in [3.8, 4) is 0 Å². The Bertz CT molecular complexity index is 1210. The quantitative estimate of drug-likeness (QED) is 0.600. The minimum Gasteiger partial charge on any atom is -0.462 e. The summed E-state index contributed by atoms with van der Waals surface area (Å²) in [6, 6.07) is 14.5. The number of esters is 1. The molecule has 0 atom stereocenters. The zero-order chi connectivity index (χ0) is 20.4. The predicted octanol–water partition coefficient (Wildman–Crippen LogP) is 2.62. The molecule has 8 heteroatoms. The second-order valence-corrected chi connectivity index (χ2v) is 7.87. The molecule has 6 nitrogen and oxygen atoms in total. The Kier molecular flexibility index (Phi) is 5.51. The van der Waals surface area contributed by atoms with Gasteiger partial charge >= 0.3 is 5.97 Å². The predicted molar refractivity (Wildman–Crippen MR) is 114 cm³/mol. The van der Waals surface area contributed by atoms with E-state index in [0.717, 1.165) is 11.3 Å². The fourth-order valence-electron chi connectivity index (χ4n) is 3.01. The number of thiazole rings is 1. The SMILES string of the molecule is CCOC(=O)c1ccc(N2CN=c3sc(=Cc4ccc(Cl)cc4)c(=O)n3C2)cc1. The zero-order valence-corrected chi connectivity index (χ0v) is 17.2.